The molecule has 100 valence electrons. The summed E-state index contributed by atoms with van der Waals surface area (Å²) in [7, 11) is -4.40. The van der Waals surface area contributed by atoms with Crippen molar-refractivity contribution in [3.63, 3.8) is 0 Å². The van der Waals surface area contributed by atoms with Crippen LogP contribution in [-0.4, -0.2) is 22.4 Å². The number of hydrogen-bond acceptors (Lipinski definition) is 5. The molecule has 8 nitrogen and oxygen atoms in total. The zero-order valence-corrected chi connectivity index (χ0v) is 10.7. The predicted octanol–water partition coefficient (Wildman–Crippen LogP) is -0.885. The molecule has 0 aliphatic rings. The van der Waals surface area contributed by atoms with Crippen molar-refractivity contribution >= 4 is 21.6 Å². The summed E-state index contributed by atoms with van der Waals surface area (Å²) in [5.74, 6) is 0. The number of aromatic nitrogens is 3. The highest BCUT2D eigenvalue weighted by atomic mass is 35.5. The third-order valence-corrected chi connectivity index (χ3v) is 4.09. The first-order valence-corrected chi connectivity index (χ1v) is 6.61. The number of benzene rings is 1. The lowest BCUT2D eigenvalue weighted by atomic mass is 10.4. The minimum Gasteiger partial charge on any atom is -0.258 e. The highest BCUT2D eigenvalue weighted by Crippen LogP contribution is 2.14. The molecule has 10 heteroatoms. The van der Waals surface area contributed by atoms with Crippen LogP contribution in [0.1, 0.15) is 0 Å². The third kappa shape index (κ3) is 2.37. The molecule has 2 rings (SSSR count). The van der Waals surface area contributed by atoms with Gasteiger partial charge >= 0.3 is 17.1 Å². The second-order valence-corrected chi connectivity index (χ2v) is 5.64. The monoisotopic (exact) mass is 303 g/mol. The third-order valence-electron chi connectivity index (χ3n) is 2.16. The lowest BCUT2D eigenvalue weighted by Gasteiger charge is -2.05. The lowest BCUT2D eigenvalue weighted by Crippen LogP contribution is -2.46. The van der Waals surface area contributed by atoms with Gasteiger partial charge in [-0.05, 0) is 24.3 Å². The highest BCUT2D eigenvalue weighted by Gasteiger charge is 2.21. The number of nitrogens with one attached hydrogen (secondary N) is 2. The summed E-state index contributed by atoms with van der Waals surface area (Å²) in [5, 5.41) is 0.293. The Morgan fingerprint density at radius 3 is 1.89 bits per heavy atom. The van der Waals surface area contributed by atoms with Crippen LogP contribution in [0.25, 0.3) is 0 Å². The standard InChI is InChI=1S/C9H6ClN3O5S/c10-5-1-3-6(4-2-5)19(17,18)13-8(15)11-7(14)12-9(13)16/h1-4H,(H2,11,12,14,15,16). The summed E-state index contributed by atoms with van der Waals surface area (Å²) in [6.45, 7) is 0. The summed E-state index contributed by atoms with van der Waals surface area (Å²) in [4.78, 5) is 36.7. The van der Waals surface area contributed by atoms with Gasteiger partial charge in [0, 0.05) is 5.02 Å². The highest BCUT2D eigenvalue weighted by molar-refractivity contribution is 7.89. The largest absolute Gasteiger partial charge is 0.348 e. The second-order valence-electron chi connectivity index (χ2n) is 3.41. The second kappa shape index (κ2) is 4.52. The molecule has 0 aliphatic heterocycles. The van der Waals surface area contributed by atoms with Crippen LogP contribution >= 0.6 is 11.6 Å². The fourth-order valence-electron chi connectivity index (χ4n) is 1.35. The van der Waals surface area contributed by atoms with Crippen LogP contribution in [0, 0.1) is 0 Å². The van der Waals surface area contributed by atoms with E-state index in [1.54, 1.807) is 9.97 Å². The zero-order valence-electron chi connectivity index (χ0n) is 9.08. The maximum atomic E-state index is 12.1. The number of H-pyrrole nitrogens is 2. The number of rotatable bonds is 2. The molecule has 1 aromatic heterocycles. The predicted molar refractivity (Wildman–Crippen MR) is 66.0 cm³/mol. The molecule has 0 saturated heterocycles. The molecule has 0 amide bonds. The van der Waals surface area contributed by atoms with E-state index in [0.717, 1.165) is 12.1 Å². The maximum Gasteiger partial charge on any atom is 0.348 e. The number of hydrogen-bond donors (Lipinski definition) is 2. The van der Waals surface area contributed by atoms with E-state index in [9.17, 15) is 22.8 Å². The van der Waals surface area contributed by atoms with E-state index >= 15 is 0 Å². The average molecular weight is 304 g/mol. The average Bonchev–Trinajstić information content (AvgIpc) is 2.27. The van der Waals surface area contributed by atoms with Crippen LogP contribution in [0.4, 0.5) is 0 Å². The van der Waals surface area contributed by atoms with E-state index in [0.29, 0.717) is 5.02 Å². The molecular formula is C9H6ClN3O5S. The molecule has 2 aromatic rings. The Morgan fingerprint density at radius 2 is 1.42 bits per heavy atom. The first-order chi connectivity index (χ1) is 8.82. The molecule has 0 bridgehead atoms. The zero-order chi connectivity index (χ0) is 14.2. The Hall–Kier alpha value is -2.13. The van der Waals surface area contributed by atoms with Gasteiger partial charge in [-0.15, -0.1) is 3.97 Å². The van der Waals surface area contributed by atoms with Crippen molar-refractivity contribution in [3.8, 4) is 0 Å². The fraction of sp³-hybridized carbons (Fsp3) is 0. The molecule has 2 N–H and O–H groups in total. The topological polar surface area (TPSA) is 122 Å². The SMILES string of the molecule is O=c1[nH]c(=O)n(S(=O)(=O)c2ccc(Cl)cc2)c(=O)[nH]1. The molecule has 1 aromatic carbocycles. The Balaban J connectivity index is 2.78. The van der Waals surface area contributed by atoms with Crippen molar-refractivity contribution in [2.75, 3.05) is 0 Å². The molecular weight excluding hydrogens is 298 g/mol. The summed E-state index contributed by atoms with van der Waals surface area (Å²) in [6.07, 6.45) is 0. The summed E-state index contributed by atoms with van der Waals surface area (Å²) < 4.78 is 24.1. The molecule has 0 radical (unpaired) electrons. The van der Waals surface area contributed by atoms with Crippen LogP contribution < -0.4 is 17.1 Å². The van der Waals surface area contributed by atoms with Gasteiger partial charge in [-0.2, -0.15) is 0 Å². The van der Waals surface area contributed by atoms with E-state index in [4.69, 9.17) is 11.6 Å². The lowest BCUT2D eigenvalue weighted by molar-refractivity contribution is 0.578. The minimum absolute atomic E-state index is 0.0718. The summed E-state index contributed by atoms with van der Waals surface area (Å²) in [6, 6.07) is 4.85. The van der Waals surface area contributed by atoms with E-state index in [1.165, 1.54) is 12.1 Å². The van der Waals surface area contributed by atoms with Crippen molar-refractivity contribution in [1.82, 2.24) is 13.9 Å². The Morgan fingerprint density at radius 1 is 0.947 bits per heavy atom. The molecule has 0 saturated carbocycles. The Kier molecular flexibility index (Phi) is 3.16. The van der Waals surface area contributed by atoms with Crippen molar-refractivity contribution in [1.29, 1.82) is 0 Å². The number of aromatic amines is 2. The van der Waals surface area contributed by atoms with Gasteiger partial charge < -0.3 is 0 Å². The summed E-state index contributed by atoms with van der Waals surface area (Å²) >= 11 is 5.61. The van der Waals surface area contributed by atoms with E-state index in [-0.39, 0.29) is 8.87 Å². The van der Waals surface area contributed by atoms with Gasteiger partial charge in [0.2, 0.25) is 0 Å². The molecule has 0 unspecified atom stereocenters. The summed E-state index contributed by atoms with van der Waals surface area (Å²) in [5.41, 5.74) is -3.77. The van der Waals surface area contributed by atoms with Crippen LogP contribution in [0.15, 0.2) is 43.5 Å². The van der Waals surface area contributed by atoms with E-state index < -0.39 is 27.1 Å². The van der Waals surface area contributed by atoms with Gasteiger partial charge in [0.25, 0.3) is 10.0 Å². The number of nitrogens with zero attached hydrogens (tertiary/aromatic N) is 1. The van der Waals surface area contributed by atoms with Crippen molar-refractivity contribution in [3.05, 3.63) is 60.7 Å². The van der Waals surface area contributed by atoms with E-state index in [2.05, 4.69) is 0 Å². The van der Waals surface area contributed by atoms with Crippen LogP contribution in [0.5, 0.6) is 0 Å². The van der Waals surface area contributed by atoms with Gasteiger partial charge in [0.15, 0.2) is 0 Å². The number of halogens is 1. The van der Waals surface area contributed by atoms with Crippen LogP contribution in [-0.2, 0) is 10.0 Å². The normalized spacial score (nSPS) is 11.4. The molecule has 1 heterocycles. The van der Waals surface area contributed by atoms with Crippen LogP contribution in [0.3, 0.4) is 0 Å². The Labute approximate surface area is 110 Å². The van der Waals surface area contributed by atoms with Crippen molar-refractivity contribution < 1.29 is 8.42 Å². The van der Waals surface area contributed by atoms with E-state index in [1.807, 2.05) is 0 Å². The van der Waals surface area contributed by atoms with Crippen molar-refractivity contribution in [2.45, 2.75) is 4.90 Å². The molecule has 19 heavy (non-hydrogen) atoms. The van der Waals surface area contributed by atoms with Crippen molar-refractivity contribution in [2.24, 2.45) is 0 Å². The first-order valence-electron chi connectivity index (χ1n) is 4.79. The first kappa shape index (κ1) is 13.3. The van der Waals surface area contributed by atoms with Gasteiger partial charge in [0.05, 0.1) is 4.90 Å². The molecule has 0 spiro atoms. The quantitative estimate of drug-likeness (QED) is 0.745. The van der Waals surface area contributed by atoms with Gasteiger partial charge in [0.1, 0.15) is 0 Å². The van der Waals surface area contributed by atoms with Gasteiger partial charge in [-0.25, -0.2) is 22.8 Å². The molecule has 0 fully saturated rings. The Bertz CT molecular complexity index is 857. The smallest absolute Gasteiger partial charge is 0.258 e. The van der Waals surface area contributed by atoms with Gasteiger partial charge in [-0.1, -0.05) is 11.6 Å². The minimum atomic E-state index is -4.40. The fourth-order valence-corrected chi connectivity index (χ4v) is 2.69. The maximum absolute atomic E-state index is 12.1. The molecule has 0 atom stereocenters. The molecule has 0 aliphatic carbocycles. The van der Waals surface area contributed by atoms with Gasteiger partial charge in [-0.3, -0.25) is 9.97 Å². The van der Waals surface area contributed by atoms with Crippen LogP contribution in [0.2, 0.25) is 5.02 Å².